The number of aromatic amines is 1. The van der Waals surface area contributed by atoms with Crippen LogP contribution in [0.5, 0.6) is 5.75 Å². The third kappa shape index (κ3) is 8.13. The summed E-state index contributed by atoms with van der Waals surface area (Å²) in [4.78, 5) is 32.8. The number of imidazole rings is 1. The standard InChI is InChI=1S/C34H35N5O4/c1-23-12-13-27(24(2)18-23)20-37-30-19-26(14-15-31(30)42-22-32-38-28-10-6-7-11-29(28)39-32)33(40)35-16-17-36-34(41)43-21-25-8-4-3-5-9-25/h3-15,18-19,37H,16-17,20-22H2,1-2H3,(H,35,40)(H,36,41)(H,38,39). The first-order valence-corrected chi connectivity index (χ1v) is 14.2. The highest BCUT2D eigenvalue weighted by atomic mass is 16.5. The summed E-state index contributed by atoms with van der Waals surface area (Å²) in [6.07, 6.45) is -0.540. The van der Waals surface area contributed by atoms with Gasteiger partial charge in [-0.2, -0.15) is 0 Å². The van der Waals surface area contributed by atoms with E-state index in [0.717, 1.165) is 22.2 Å². The Bertz CT molecular complexity index is 1670. The zero-order valence-electron chi connectivity index (χ0n) is 24.3. The Morgan fingerprint density at radius 2 is 1.63 bits per heavy atom. The van der Waals surface area contributed by atoms with Crippen LogP contribution in [0.2, 0.25) is 0 Å². The fourth-order valence-corrected chi connectivity index (χ4v) is 4.61. The Morgan fingerprint density at radius 1 is 0.837 bits per heavy atom. The molecular weight excluding hydrogens is 542 g/mol. The van der Waals surface area contributed by atoms with Crippen molar-refractivity contribution in [3.63, 3.8) is 0 Å². The van der Waals surface area contributed by atoms with E-state index in [2.05, 4.69) is 58.0 Å². The number of nitrogens with zero attached hydrogens (tertiary/aromatic N) is 1. The average Bonchev–Trinajstić information content (AvgIpc) is 3.44. The number of anilines is 1. The van der Waals surface area contributed by atoms with Crippen LogP contribution in [0.25, 0.3) is 11.0 Å². The molecule has 0 spiro atoms. The number of hydrogen-bond acceptors (Lipinski definition) is 6. The maximum atomic E-state index is 13.0. The van der Waals surface area contributed by atoms with Crippen LogP contribution in [-0.2, 0) is 24.5 Å². The number of fused-ring (bicyclic) bond motifs is 1. The van der Waals surface area contributed by atoms with E-state index in [1.807, 2.05) is 54.6 Å². The van der Waals surface area contributed by atoms with E-state index in [1.54, 1.807) is 18.2 Å². The molecule has 5 rings (SSSR count). The number of rotatable bonds is 12. The molecule has 0 aliphatic rings. The van der Waals surface area contributed by atoms with E-state index < -0.39 is 6.09 Å². The second-order valence-corrected chi connectivity index (χ2v) is 10.2. The number of amides is 2. The van der Waals surface area contributed by atoms with Gasteiger partial charge in [0.05, 0.1) is 16.7 Å². The van der Waals surface area contributed by atoms with E-state index in [-0.39, 0.29) is 32.2 Å². The first kappa shape index (κ1) is 29.2. The lowest BCUT2D eigenvalue weighted by molar-refractivity contribution is 0.0951. The van der Waals surface area contributed by atoms with Crippen molar-refractivity contribution in [1.29, 1.82) is 0 Å². The topological polar surface area (TPSA) is 117 Å². The number of carbonyl (C=O) groups excluding carboxylic acids is 2. The number of benzene rings is 4. The molecular formula is C34H35N5O4. The Morgan fingerprint density at radius 3 is 2.44 bits per heavy atom. The molecule has 1 aromatic heterocycles. The number of carbonyl (C=O) groups is 2. The van der Waals surface area contributed by atoms with Crippen molar-refractivity contribution in [3.8, 4) is 5.75 Å². The van der Waals surface area contributed by atoms with E-state index in [4.69, 9.17) is 9.47 Å². The summed E-state index contributed by atoms with van der Waals surface area (Å²) in [5, 5.41) is 8.95. The first-order chi connectivity index (χ1) is 20.9. The maximum Gasteiger partial charge on any atom is 0.407 e. The van der Waals surface area contributed by atoms with Crippen LogP contribution in [0, 0.1) is 13.8 Å². The fraction of sp³-hybridized carbons (Fsp3) is 0.206. The molecule has 43 heavy (non-hydrogen) atoms. The first-order valence-electron chi connectivity index (χ1n) is 14.2. The lowest BCUT2D eigenvalue weighted by Crippen LogP contribution is -2.35. The van der Waals surface area contributed by atoms with Crippen LogP contribution in [0.4, 0.5) is 10.5 Å². The highest BCUT2D eigenvalue weighted by molar-refractivity contribution is 5.95. The number of nitrogens with one attached hydrogen (secondary N) is 4. The lowest BCUT2D eigenvalue weighted by atomic mass is 10.1. The van der Waals surface area contributed by atoms with Crippen LogP contribution < -0.4 is 20.7 Å². The second-order valence-electron chi connectivity index (χ2n) is 10.2. The van der Waals surface area contributed by atoms with Crippen molar-refractivity contribution < 1.29 is 19.1 Å². The predicted molar refractivity (Wildman–Crippen MR) is 167 cm³/mol. The molecule has 0 atom stereocenters. The van der Waals surface area contributed by atoms with E-state index in [9.17, 15) is 9.59 Å². The molecule has 0 saturated heterocycles. The van der Waals surface area contributed by atoms with Crippen LogP contribution in [0.1, 0.15) is 38.4 Å². The van der Waals surface area contributed by atoms with Gasteiger partial charge >= 0.3 is 6.09 Å². The van der Waals surface area contributed by atoms with Crippen molar-refractivity contribution in [1.82, 2.24) is 20.6 Å². The summed E-state index contributed by atoms with van der Waals surface area (Å²) in [6, 6.07) is 28.8. The lowest BCUT2D eigenvalue weighted by Gasteiger charge is -2.16. The minimum atomic E-state index is -0.540. The third-order valence-corrected chi connectivity index (χ3v) is 6.90. The predicted octanol–water partition coefficient (Wildman–Crippen LogP) is 6.03. The number of aromatic nitrogens is 2. The van der Waals surface area contributed by atoms with E-state index in [0.29, 0.717) is 29.4 Å². The van der Waals surface area contributed by atoms with Gasteiger partial charge in [-0.3, -0.25) is 4.79 Å². The second kappa shape index (κ2) is 14.0. The molecule has 1 heterocycles. The van der Waals surface area contributed by atoms with Crippen LogP contribution in [-0.4, -0.2) is 35.1 Å². The number of alkyl carbamates (subject to hydrolysis) is 1. The molecule has 9 heteroatoms. The molecule has 0 bridgehead atoms. The van der Waals surface area contributed by atoms with Gasteiger partial charge in [-0.15, -0.1) is 0 Å². The molecule has 2 amide bonds. The Kier molecular flexibility index (Phi) is 9.53. The minimum Gasteiger partial charge on any atom is -0.484 e. The summed E-state index contributed by atoms with van der Waals surface area (Å²) in [5.41, 5.74) is 7.40. The molecule has 0 aliphatic carbocycles. The van der Waals surface area contributed by atoms with Crippen molar-refractivity contribution in [2.75, 3.05) is 18.4 Å². The van der Waals surface area contributed by atoms with Gasteiger partial charge in [-0.25, -0.2) is 9.78 Å². The van der Waals surface area contributed by atoms with Gasteiger partial charge in [-0.1, -0.05) is 66.2 Å². The van der Waals surface area contributed by atoms with Crippen LogP contribution in [0.15, 0.2) is 91.0 Å². The number of ether oxygens (including phenoxy) is 2. The number of aryl methyl sites for hydroxylation is 2. The number of para-hydroxylation sites is 2. The number of H-pyrrole nitrogens is 1. The van der Waals surface area contributed by atoms with Gasteiger partial charge in [-0.05, 0) is 60.9 Å². The van der Waals surface area contributed by atoms with Crippen molar-refractivity contribution in [3.05, 3.63) is 125 Å². The van der Waals surface area contributed by atoms with Gasteiger partial charge in [0.2, 0.25) is 0 Å². The van der Waals surface area contributed by atoms with Crippen molar-refractivity contribution in [2.24, 2.45) is 0 Å². The molecule has 0 fully saturated rings. The van der Waals surface area contributed by atoms with Crippen molar-refractivity contribution >= 4 is 28.7 Å². The summed E-state index contributed by atoms with van der Waals surface area (Å²) >= 11 is 0. The van der Waals surface area contributed by atoms with Crippen LogP contribution in [0.3, 0.4) is 0 Å². The van der Waals surface area contributed by atoms with Gasteiger partial charge in [0.15, 0.2) is 0 Å². The quantitative estimate of drug-likeness (QED) is 0.135. The molecule has 4 aromatic carbocycles. The SMILES string of the molecule is Cc1ccc(CNc2cc(C(=O)NCCNC(=O)OCc3ccccc3)ccc2OCc2nc3ccccc3[nH]2)c(C)c1. The van der Waals surface area contributed by atoms with Gasteiger partial charge in [0, 0.05) is 25.2 Å². The molecule has 9 nitrogen and oxygen atoms in total. The molecule has 220 valence electrons. The zero-order chi connectivity index (χ0) is 30.0. The Balaban J connectivity index is 1.20. The Labute approximate surface area is 250 Å². The minimum absolute atomic E-state index is 0.182. The molecule has 5 aromatic rings. The normalized spacial score (nSPS) is 10.7. The van der Waals surface area contributed by atoms with E-state index in [1.165, 1.54) is 11.1 Å². The van der Waals surface area contributed by atoms with Gasteiger partial charge in [0.1, 0.15) is 24.8 Å². The average molecular weight is 578 g/mol. The fourth-order valence-electron chi connectivity index (χ4n) is 4.61. The largest absolute Gasteiger partial charge is 0.484 e. The molecule has 4 N–H and O–H groups in total. The monoisotopic (exact) mass is 577 g/mol. The Hall–Kier alpha value is -5.31. The van der Waals surface area contributed by atoms with Crippen LogP contribution >= 0.6 is 0 Å². The molecule has 0 saturated carbocycles. The van der Waals surface area contributed by atoms with Crippen molar-refractivity contribution in [2.45, 2.75) is 33.6 Å². The third-order valence-electron chi connectivity index (χ3n) is 6.90. The smallest absolute Gasteiger partial charge is 0.407 e. The summed E-state index contributed by atoms with van der Waals surface area (Å²) in [6.45, 7) is 5.61. The highest BCUT2D eigenvalue weighted by Gasteiger charge is 2.13. The van der Waals surface area contributed by atoms with Gasteiger partial charge in [0.25, 0.3) is 5.91 Å². The summed E-state index contributed by atoms with van der Waals surface area (Å²) in [7, 11) is 0. The molecule has 0 radical (unpaired) electrons. The zero-order valence-corrected chi connectivity index (χ0v) is 24.3. The summed E-state index contributed by atoms with van der Waals surface area (Å²) < 4.78 is 11.4. The molecule has 0 aliphatic heterocycles. The van der Waals surface area contributed by atoms with Gasteiger partial charge < -0.3 is 30.4 Å². The summed E-state index contributed by atoms with van der Waals surface area (Å²) in [5.74, 6) is 1.04. The van der Waals surface area contributed by atoms with E-state index >= 15 is 0 Å². The highest BCUT2D eigenvalue weighted by Crippen LogP contribution is 2.28. The molecule has 0 unspecified atom stereocenters. The number of hydrogen-bond donors (Lipinski definition) is 4. The maximum absolute atomic E-state index is 13.0.